The normalized spacial score (nSPS) is 10.6. The Balaban J connectivity index is 1.99. The number of phenolic OH excluding ortho intramolecular Hbond substituents is 1. The lowest BCUT2D eigenvalue weighted by Gasteiger charge is -1.98. The van der Waals surface area contributed by atoms with Crippen LogP contribution in [-0.4, -0.2) is 10.1 Å². The summed E-state index contributed by atoms with van der Waals surface area (Å²) in [6.07, 6.45) is 0. The monoisotopic (exact) mass is 235 g/mol. The van der Waals surface area contributed by atoms with Crippen LogP contribution in [0, 0.1) is 13.8 Å². The molecule has 0 bridgehead atoms. The lowest BCUT2D eigenvalue weighted by Crippen LogP contribution is -1.80. The highest BCUT2D eigenvalue weighted by Crippen LogP contribution is 2.24. The molecule has 0 aliphatic carbocycles. The third-order valence-corrected chi connectivity index (χ3v) is 3.27. The van der Waals surface area contributed by atoms with Crippen molar-refractivity contribution in [1.29, 1.82) is 0 Å². The molecule has 3 nitrogen and oxygen atoms in total. The Bertz CT molecular complexity index is 457. The molecule has 1 N–H and O–H groups in total. The Labute approximate surface area is 98.5 Å². The van der Waals surface area contributed by atoms with Gasteiger partial charge in [0, 0.05) is 4.90 Å². The fraction of sp³-hybridized carbons (Fsp3) is 0.250. The SMILES string of the molecule is Cc1nc(CSc2ccc(O)cc2)oc1C. The van der Waals surface area contributed by atoms with E-state index < -0.39 is 0 Å². The molecule has 2 aromatic rings. The number of phenols is 1. The van der Waals surface area contributed by atoms with Gasteiger partial charge in [0.15, 0.2) is 0 Å². The maximum Gasteiger partial charge on any atom is 0.204 e. The Morgan fingerprint density at radius 1 is 1.25 bits per heavy atom. The van der Waals surface area contributed by atoms with E-state index in [0.29, 0.717) is 5.75 Å². The van der Waals surface area contributed by atoms with Gasteiger partial charge in [-0.3, -0.25) is 0 Å². The minimum Gasteiger partial charge on any atom is -0.508 e. The highest BCUT2D eigenvalue weighted by atomic mass is 32.2. The second kappa shape index (κ2) is 4.61. The van der Waals surface area contributed by atoms with Crippen LogP contribution in [0.3, 0.4) is 0 Å². The Hall–Kier alpha value is -1.42. The summed E-state index contributed by atoms with van der Waals surface area (Å²) in [6.45, 7) is 3.85. The van der Waals surface area contributed by atoms with Gasteiger partial charge in [0.2, 0.25) is 5.89 Å². The molecule has 0 unspecified atom stereocenters. The first kappa shape index (κ1) is 11.1. The van der Waals surface area contributed by atoms with E-state index in [1.807, 2.05) is 26.0 Å². The highest BCUT2D eigenvalue weighted by Gasteiger charge is 2.05. The van der Waals surface area contributed by atoms with Crippen LogP contribution >= 0.6 is 11.8 Å². The van der Waals surface area contributed by atoms with E-state index in [9.17, 15) is 0 Å². The molecule has 2 rings (SSSR count). The van der Waals surface area contributed by atoms with Crippen LogP contribution in [-0.2, 0) is 5.75 Å². The van der Waals surface area contributed by atoms with Crippen molar-refractivity contribution < 1.29 is 9.52 Å². The van der Waals surface area contributed by atoms with Crippen molar-refractivity contribution in [2.24, 2.45) is 0 Å². The molecule has 4 heteroatoms. The maximum absolute atomic E-state index is 9.14. The molecule has 16 heavy (non-hydrogen) atoms. The molecule has 1 heterocycles. The van der Waals surface area contributed by atoms with Gasteiger partial charge in [0.25, 0.3) is 0 Å². The van der Waals surface area contributed by atoms with Crippen LogP contribution in [0.15, 0.2) is 33.6 Å². The highest BCUT2D eigenvalue weighted by molar-refractivity contribution is 7.98. The number of nitrogens with zero attached hydrogens (tertiary/aromatic N) is 1. The summed E-state index contributed by atoms with van der Waals surface area (Å²) in [5.41, 5.74) is 0.946. The molecule has 1 aromatic carbocycles. The van der Waals surface area contributed by atoms with Crippen LogP contribution in [0.4, 0.5) is 0 Å². The fourth-order valence-corrected chi connectivity index (χ4v) is 2.03. The summed E-state index contributed by atoms with van der Waals surface area (Å²) in [5, 5.41) is 9.14. The van der Waals surface area contributed by atoms with Crippen LogP contribution in [0.1, 0.15) is 17.3 Å². The van der Waals surface area contributed by atoms with Crippen molar-refractivity contribution in [2.45, 2.75) is 24.5 Å². The average molecular weight is 235 g/mol. The van der Waals surface area contributed by atoms with E-state index in [2.05, 4.69) is 4.98 Å². The third kappa shape index (κ3) is 2.58. The summed E-state index contributed by atoms with van der Waals surface area (Å²) in [4.78, 5) is 5.40. The van der Waals surface area contributed by atoms with Gasteiger partial charge in [-0.15, -0.1) is 11.8 Å². The van der Waals surface area contributed by atoms with Crippen molar-refractivity contribution >= 4 is 11.8 Å². The molecule has 84 valence electrons. The standard InChI is InChI=1S/C12H13NO2S/c1-8-9(2)15-12(13-8)7-16-11-5-3-10(14)4-6-11/h3-6,14H,7H2,1-2H3. The number of benzene rings is 1. The van der Waals surface area contributed by atoms with Crippen molar-refractivity contribution in [3.05, 3.63) is 41.6 Å². The average Bonchev–Trinajstić information content (AvgIpc) is 2.58. The summed E-state index contributed by atoms with van der Waals surface area (Å²) < 4.78 is 5.48. The predicted molar refractivity (Wildman–Crippen MR) is 63.6 cm³/mol. The van der Waals surface area contributed by atoms with Gasteiger partial charge in [0.1, 0.15) is 11.5 Å². The van der Waals surface area contributed by atoms with E-state index >= 15 is 0 Å². The molecule has 0 aliphatic heterocycles. The van der Waals surface area contributed by atoms with E-state index in [1.54, 1.807) is 23.9 Å². The minimum atomic E-state index is 0.284. The second-order valence-electron chi connectivity index (χ2n) is 3.53. The van der Waals surface area contributed by atoms with Crippen molar-refractivity contribution in [1.82, 2.24) is 4.98 Å². The van der Waals surface area contributed by atoms with Gasteiger partial charge in [0.05, 0.1) is 11.4 Å². The van der Waals surface area contributed by atoms with Crippen LogP contribution in [0.25, 0.3) is 0 Å². The summed E-state index contributed by atoms with van der Waals surface area (Å²) in [7, 11) is 0. The Morgan fingerprint density at radius 3 is 2.50 bits per heavy atom. The molecule has 0 radical (unpaired) electrons. The van der Waals surface area contributed by atoms with Crippen LogP contribution in [0.5, 0.6) is 5.75 Å². The molecule has 0 atom stereocenters. The minimum absolute atomic E-state index is 0.284. The first-order valence-corrected chi connectivity index (χ1v) is 5.98. The second-order valence-corrected chi connectivity index (χ2v) is 4.58. The van der Waals surface area contributed by atoms with E-state index in [0.717, 1.165) is 22.2 Å². The molecule has 0 saturated heterocycles. The number of oxazole rings is 1. The Morgan fingerprint density at radius 2 is 1.94 bits per heavy atom. The van der Waals surface area contributed by atoms with Gasteiger partial charge in [-0.2, -0.15) is 0 Å². The quantitative estimate of drug-likeness (QED) is 0.829. The number of aromatic nitrogens is 1. The number of rotatable bonds is 3. The van der Waals surface area contributed by atoms with Crippen LogP contribution in [0.2, 0.25) is 0 Å². The largest absolute Gasteiger partial charge is 0.508 e. The maximum atomic E-state index is 9.14. The molecule has 0 spiro atoms. The first-order chi connectivity index (χ1) is 7.65. The lowest BCUT2D eigenvalue weighted by molar-refractivity contribution is 0.475. The van der Waals surface area contributed by atoms with Gasteiger partial charge >= 0.3 is 0 Å². The number of aryl methyl sites for hydroxylation is 2. The van der Waals surface area contributed by atoms with Gasteiger partial charge in [-0.25, -0.2) is 4.98 Å². The molecule has 0 fully saturated rings. The number of thioether (sulfide) groups is 1. The predicted octanol–water partition coefficient (Wildman–Crippen LogP) is 3.29. The molecule has 1 aromatic heterocycles. The number of hydrogen-bond donors (Lipinski definition) is 1. The molecule has 0 amide bonds. The zero-order chi connectivity index (χ0) is 11.5. The van der Waals surface area contributed by atoms with Crippen molar-refractivity contribution in [3.63, 3.8) is 0 Å². The van der Waals surface area contributed by atoms with Gasteiger partial charge < -0.3 is 9.52 Å². The zero-order valence-corrected chi connectivity index (χ0v) is 10.0. The summed E-state index contributed by atoms with van der Waals surface area (Å²) in [5.74, 6) is 2.61. The number of aromatic hydroxyl groups is 1. The van der Waals surface area contributed by atoms with E-state index in [-0.39, 0.29) is 5.75 Å². The summed E-state index contributed by atoms with van der Waals surface area (Å²) >= 11 is 1.64. The fourth-order valence-electron chi connectivity index (χ4n) is 1.29. The van der Waals surface area contributed by atoms with Gasteiger partial charge in [-0.1, -0.05) is 0 Å². The third-order valence-electron chi connectivity index (χ3n) is 2.27. The van der Waals surface area contributed by atoms with Crippen LogP contribution < -0.4 is 0 Å². The van der Waals surface area contributed by atoms with Gasteiger partial charge in [-0.05, 0) is 38.1 Å². The Kier molecular flexibility index (Phi) is 3.19. The molecular weight excluding hydrogens is 222 g/mol. The lowest BCUT2D eigenvalue weighted by atomic mass is 10.3. The number of hydrogen-bond acceptors (Lipinski definition) is 4. The van der Waals surface area contributed by atoms with E-state index in [4.69, 9.17) is 9.52 Å². The summed E-state index contributed by atoms with van der Waals surface area (Å²) in [6, 6.07) is 7.11. The molecular formula is C12H13NO2S. The topological polar surface area (TPSA) is 46.3 Å². The molecule has 0 saturated carbocycles. The van der Waals surface area contributed by atoms with Crippen molar-refractivity contribution in [3.8, 4) is 5.75 Å². The smallest absolute Gasteiger partial charge is 0.204 e. The van der Waals surface area contributed by atoms with E-state index in [1.165, 1.54) is 0 Å². The first-order valence-electron chi connectivity index (χ1n) is 5.00. The molecule has 0 aliphatic rings. The van der Waals surface area contributed by atoms with Crippen molar-refractivity contribution in [2.75, 3.05) is 0 Å². The zero-order valence-electron chi connectivity index (χ0n) is 9.23.